The molecule has 0 aliphatic heterocycles. The Morgan fingerprint density at radius 3 is 1.52 bits per heavy atom. The third-order valence-electron chi connectivity index (χ3n) is 5.22. The average Bonchev–Trinajstić information content (AvgIpc) is 3.14. The predicted molar refractivity (Wildman–Crippen MR) is 99.1 cm³/mol. The molecule has 0 spiro atoms. The molecule has 0 aromatic carbocycles. The Bertz CT molecular complexity index is 480. The molecule has 0 heterocycles. The third kappa shape index (κ3) is 4.91. The number of hydrogen-bond acceptors (Lipinski definition) is 0. The van der Waals surface area contributed by atoms with Crippen LogP contribution in [0.25, 0.3) is 0 Å². The first-order valence-corrected chi connectivity index (χ1v) is 12.3. The van der Waals surface area contributed by atoms with Gasteiger partial charge in [-0.2, -0.15) is 0 Å². The van der Waals surface area contributed by atoms with Gasteiger partial charge < -0.3 is 0 Å². The standard InChI is InChI=1S/2C11H17.Zr/c2*1-3-5-7-11-9-6-8-10(11)4-2;/h2*9H,3-7H2,1-2H3;. The minimum atomic E-state index is -0.532. The Kier molecular flexibility index (Phi) is 8.31. The van der Waals surface area contributed by atoms with E-state index in [2.05, 4.69) is 39.8 Å². The first kappa shape index (κ1) is 19.2. The van der Waals surface area contributed by atoms with Crippen LogP contribution in [0.5, 0.6) is 0 Å². The van der Waals surface area contributed by atoms with Crippen LogP contribution in [0.4, 0.5) is 0 Å². The van der Waals surface area contributed by atoms with Crippen LogP contribution in [-0.2, 0) is 23.2 Å². The normalized spacial score (nSPS) is 17.9. The third-order valence-corrected chi connectivity index (χ3v) is 9.19. The van der Waals surface area contributed by atoms with E-state index >= 15 is 0 Å². The molecular weight excluding hydrogens is 355 g/mol. The summed E-state index contributed by atoms with van der Waals surface area (Å²) >= 11 is -0.532. The topological polar surface area (TPSA) is 0 Å². The SMILES string of the molecule is CCCCC1=CC[C]([Zr][C]2=C(CC)C(CCCC)=CC2)=C1CC. The fraction of sp³-hybridized carbons (Fsp3) is 0.636. The molecule has 1 heteroatoms. The molecule has 0 saturated heterocycles. The Morgan fingerprint density at radius 1 is 0.739 bits per heavy atom. The zero-order valence-electron chi connectivity index (χ0n) is 15.7. The van der Waals surface area contributed by atoms with Gasteiger partial charge in [-0.3, -0.25) is 0 Å². The molecule has 0 nitrogen and oxygen atoms in total. The molecule has 2 aliphatic rings. The van der Waals surface area contributed by atoms with Gasteiger partial charge in [-0.25, -0.2) is 0 Å². The van der Waals surface area contributed by atoms with Crippen LogP contribution in [-0.4, -0.2) is 0 Å². The summed E-state index contributed by atoms with van der Waals surface area (Å²) in [4.78, 5) is 0. The molecule has 0 radical (unpaired) electrons. The minimum absolute atomic E-state index is 0.532. The molecule has 0 aromatic rings. The van der Waals surface area contributed by atoms with E-state index in [1.807, 2.05) is 6.56 Å². The van der Waals surface area contributed by atoms with E-state index in [4.69, 9.17) is 0 Å². The Morgan fingerprint density at radius 2 is 1.17 bits per heavy atom. The van der Waals surface area contributed by atoms with Crippen molar-refractivity contribution in [1.82, 2.24) is 0 Å². The summed E-state index contributed by atoms with van der Waals surface area (Å²) in [5, 5.41) is 0. The molecule has 0 fully saturated rings. The van der Waals surface area contributed by atoms with Gasteiger partial charge in [-0.15, -0.1) is 0 Å². The monoisotopic (exact) mass is 388 g/mol. The fourth-order valence-corrected chi connectivity index (χ4v) is 8.19. The van der Waals surface area contributed by atoms with E-state index in [-0.39, 0.29) is 0 Å². The molecule has 0 bridgehead atoms. The summed E-state index contributed by atoms with van der Waals surface area (Å²) in [6.07, 6.45) is 18.2. The van der Waals surface area contributed by atoms with Gasteiger partial charge in [0.15, 0.2) is 0 Å². The number of rotatable bonds is 10. The second-order valence-corrected chi connectivity index (χ2v) is 10.4. The van der Waals surface area contributed by atoms with E-state index in [0.717, 1.165) is 0 Å². The number of unbranched alkanes of at least 4 members (excludes halogenated alkanes) is 2. The molecule has 0 atom stereocenters. The second kappa shape index (κ2) is 9.98. The van der Waals surface area contributed by atoms with Crippen molar-refractivity contribution in [1.29, 1.82) is 0 Å². The van der Waals surface area contributed by atoms with Gasteiger partial charge >= 0.3 is 156 Å². The fourth-order valence-electron chi connectivity index (χ4n) is 3.89. The van der Waals surface area contributed by atoms with E-state index in [0.29, 0.717) is 0 Å². The van der Waals surface area contributed by atoms with Gasteiger partial charge in [-0.05, 0) is 0 Å². The van der Waals surface area contributed by atoms with Crippen molar-refractivity contribution in [3.63, 3.8) is 0 Å². The van der Waals surface area contributed by atoms with Crippen molar-refractivity contribution in [2.45, 2.75) is 91.9 Å². The van der Waals surface area contributed by atoms with Crippen molar-refractivity contribution in [3.8, 4) is 0 Å². The van der Waals surface area contributed by atoms with Crippen molar-refractivity contribution in [2.75, 3.05) is 0 Å². The number of allylic oxidation sites excluding steroid dienone is 8. The molecule has 23 heavy (non-hydrogen) atoms. The number of hydrogen-bond donors (Lipinski definition) is 0. The summed E-state index contributed by atoms with van der Waals surface area (Å²) in [6.45, 7) is 9.36. The summed E-state index contributed by atoms with van der Waals surface area (Å²) in [5.41, 5.74) is 6.96. The van der Waals surface area contributed by atoms with Crippen molar-refractivity contribution < 1.29 is 23.2 Å². The zero-order valence-corrected chi connectivity index (χ0v) is 18.2. The summed E-state index contributed by atoms with van der Waals surface area (Å²) in [7, 11) is 0. The van der Waals surface area contributed by atoms with E-state index in [1.54, 1.807) is 22.3 Å². The quantitative estimate of drug-likeness (QED) is 0.364. The van der Waals surface area contributed by atoms with Crippen molar-refractivity contribution in [3.05, 3.63) is 41.0 Å². The van der Waals surface area contributed by atoms with Crippen molar-refractivity contribution >= 4 is 0 Å². The molecular formula is C22H34Zr. The molecule has 2 aliphatic carbocycles. The maximum absolute atomic E-state index is 2.57. The molecule has 0 N–H and O–H groups in total. The van der Waals surface area contributed by atoms with Crippen LogP contribution in [0.15, 0.2) is 41.0 Å². The van der Waals surface area contributed by atoms with Crippen LogP contribution >= 0.6 is 0 Å². The Hall–Kier alpha value is -0.157. The molecule has 0 unspecified atom stereocenters. The molecule has 2 rings (SSSR count). The van der Waals surface area contributed by atoms with Gasteiger partial charge in [-0.1, -0.05) is 0 Å². The van der Waals surface area contributed by atoms with Crippen LogP contribution in [0.1, 0.15) is 91.9 Å². The molecule has 0 saturated carbocycles. The van der Waals surface area contributed by atoms with Gasteiger partial charge in [0.05, 0.1) is 0 Å². The van der Waals surface area contributed by atoms with Crippen LogP contribution in [0, 0.1) is 0 Å². The van der Waals surface area contributed by atoms with E-state index < -0.39 is 23.2 Å². The second-order valence-electron chi connectivity index (χ2n) is 6.82. The van der Waals surface area contributed by atoms with Crippen LogP contribution in [0.2, 0.25) is 0 Å². The molecule has 126 valence electrons. The first-order valence-electron chi connectivity index (χ1n) is 9.84. The van der Waals surface area contributed by atoms with Gasteiger partial charge in [0.25, 0.3) is 0 Å². The Balaban J connectivity index is 2.09. The van der Waals surface area contributed by atoms with Crippen LogP contribution < -0.4 is 0 Å². The summed E-state index contributed by atoms with van der Waals surface area (Å²) in [5.74, 6) is 0. The van der Waals surface area contributed by atoms with Gasteiger partial charge in [0.2, 0.25) is 0 Å². The molecule has 0 amide bonds. The van der Waals surface area contributed by atoms with Gasteiger partial charge in [0.1, 0.15) is 0 Å². The molecule has 0 aromatic heterocycles. The Labute approximate surface area is 155 Å². The summed E-state index contributed by atoms with van der Waals surface area (Å²) in [6, 6.07) is 0. The average molecular weight is 390 g/mol. The van der Waals surface area contributed by atoms with E-state index in [1.165, 1.54) is 64.2 Å². The van der Waals surface area contributed by atoms with E-state index in [9.17, 15) is 0 Å². The van der Waals surface area contributed by atoms with Crippen LogP contribution in [0.3, 0.4) is 0 Å². The first-order chi connectivity index (χ1) is 11.2. The van der Waals surface area contributed by atoms with Gasteiger partial charge in [0, 0.05) is 0 Å². The maximum atomic E-state index is 2.57. The summed E-state index contributed by atoms with van der Waals surface area (Å²) < 4.78 is 3.79. The predicted octanol–water partition coefficient (Wildman–Crippen LogP) is 7.44. The van der Waals surface area contributed by atoms with Crippen molar-refractivity contribution in [2.24, 2.45) is 0 Å². The zero-order chi connectivity index (χ0) is 16.7.